The molecule has 0 aliphatic carbocycles. The minimum Gasteiger partial charge on any atom is -0.333 e. The maximum absolute atomic E-state index is 10.00. The first-order valence-electron chi connectivity index (χ1n) is 5.69. The summed E-state index contributed by atoms with van der Waals surface area (Å²) in [6, 6.07) is 0. The molecule has 0 aromatic rings. The monoisotopic (exact) mass is 235 g/mol. The molecule has 0 fully saturated rings. The van der Waals surface area contributed by atoms with Gasteiger partial charge in [0.2, 0.25) is 0 Å². The van der Waals surface area contributed by atoms with E-state index < -0.39 is 6.09 Å². The summed E-state index contributed by atoms with van der Waals surface area (Å²) in [4.78, 5) is 18.4. The van der Waals surface area contributed by atoms with Gasteiger partial charge in [-0.15, -0.1) is 0 Å². The molecule has 0 saturated carbocycles. The van der Waals surface area contributed by atoms with Crippen molar-refractivity contribution < 1.29 is 24.6 Å². The summed E-state index contributed by atoms with van der Waals surface area (Å²) in [5.41, 5.74) is 4.59. The molecule has 0 aliphatic rings. The van der Waals surface area contributed by atoms with Crippen LogP contribution in [0.25, 0.3) is 0 Å². The number of hydrogen-bond acceptors (Lipinski definition) is 5. The van der Waals surface area contributed by atoms with Crippen LogP contribution in [0.5, 0.6) is 0 Å². The van der Waals surface area contributed by atoms with Crippen LogP contribution in [0.15, 0.2) is 0 Å². The van der Waals surface area contributed by atoms with Crippen LogP contribution >= 0.6 is 0 Å². The topological polar surface area (TPSA) is 80.0 Å². The molecule has 0 unspecified atom stereocenters. The Hall–Kier alpha value is -0.850. The number of primary amides is 1. The zero-order valence-electron chi connectivity index (χ0n) is 9.78. The molecule has 0 atom stereocenters. The quantitative estimate of drug-likeness (QED) is 0.338. The van der Waals surface area contributed by atoms with Gasteiger partial charge in [-0.1, -0.05) is 45.4 Å². The Morgan fingerprint density at radius 3 is 2.25 bits per heavy atom. The van der Waals surface area contributed by atoms with E-state index in [9.17, 15) is 4.79 Å². The minimum atomic E-state index is -1.08. The van der Waals surface area contributed by atoms with Gasteiger partial charge >= 0.3 is 6.09 Å². The van der Waals surface area contributed by atoms with Crippen LogP contribution in [-0.2, 0) is 19.9 Å². The van der Waals surface area contributed by atoms with Crippen LogP contribution in [0.2, 0.25) is 0 Å². The molecule has 2 N–H and O–H groups in total. The second-order valence-corrected chi connectivity index (χ2v) is 3.48. The molecule has 0 aliphatic heterocycles. The lowest BCUT2D eigenvalue weighted by atomic mass is 10.1. The smallest absolute Gasteiger partial charge is 0.333 e. The van der Waals surface area contributed by atoms with Crippen LogP contribution in [0.3, 0.4) is 0 Å². The summed E-state index contributed by atoms with van der Waals surface area (Å²) in [7, 11) is 0. The minimum absolute atomic E-state index is 0.399. The lowest BCUT2D eigenvalue weighted by Gasteiger charge is -2.01. The largest absolute Gasteiger partial charge is 0.439 e. The zero-order chi connectivity index (χ0) is 12.1. The molecule has 0 spiro atoms. The van der Waals surface area contributed by atoms with Crippen molar-refractivity contribution in [1.29, 1.82) is 0 Å². The Morgan fingerprint density at radius 1 is 1.00 bits per heavy atom. The van der Waals surface area contributed by atoms with Crippen molar-refractivity contribution in [2.75, 3.05) is 6.61 Å². The summed E-state index contributed by atoms with van der Waals surface area (Å²) in [6.07, 6.45) is 7.20. The number of rotatable bonds is 11. The molecular formula is C10H21NO5. The van der Waals surface area contributed by atoms with E-state index in [-0.39, 0.29) is 0 Å². The van der Waals surface area contributed by atoms with Gasteiger partial charge in [-0.05, 0) is 11.5 Å². The van der Waals surface area contributed by atoms with E-state index in [1.807, 2.05) is 0 Å². The maximum atomic E-state index is 10.00. The van der Waals surface area contributed by atoms with E-state index in [1.54, 1.807) is 0 Å². The molecule has 0 saturated heterocycles. The molecule has 0 bridgehead atoms. The number of amides is 1. The molecular weight excluding hydrogens is 214 g/mol. The highest BCUT2D eigenvalue weighted by Crippen LogP contribution is 2.06. The van der Waals surface area contributed by atoms with Crippen molar-refractivity contribution in [2.24, 2.45) is 5.73 Å². The van der Waals surface area contributed by atoms with E-state index in [1.165, 1.54) is 32.1 Å². The highest BCUT2D eigenvalue weighted by molar-refractivity contribution is 5.63. The van der Waals surface area contributed by atoms with E-state index in [4.69, 9.17) is 0 Å². The van der Waals surface area contributed by atoms with Gasteiger partial charge < -0.3 is 5.73 Å². The van der Waals surface area contributed by atoms with E-state index >= 15 is 0 Å². The van der Waals surface area contributed by atoms with Gasteiger partial charge in [-0.2, -0.15) is 0 Å². The standard InChI is InChI=1S/C10H21NO5/c1-2-3-4-5-6-7-8-9-13-15-16-14-10(11)12/h2-9H2,1H3,(H2,11,12). The summed E-state index contributed by atoms with van der Waals surface area (Å²) in [6.45, 7) is 2.59. The fraction of sp³-hybridized carbons (Fsp3) is 0.900. The van der Waals surface area contributed by atoms with Gasteiger partial charge in [0.1, 0.15) is 0 Å². The molecule has 0 rings (SSSR count). The Kier molecular flexibility index (Phi) is 11.6. The highest BCUT2D eigenvalue weighted by atomic mass is 17.7. The first-order valence-corrected chi connectivity index (χ1v) is 5.69. The molecule has 0 heterocycles. The first-order chi connectivity index (χ1) is 7.77. The van der Waals surface area contributed by atoms with Crippen molar-refractivity contribution >= 4 is 6.09 Å². The Bertz CT molecular complexity index is 165. The van der Waals surface area contributed by atoms with Crippen LogP contribution in [0, 0.1) is 0 Å². The van der Waals surface area contributed by atoms with Gasteiger partial charge in [0, 0.05) is 5.04 Å². The maximum Gasteiger partial charge on any atom is 0.439 e. The summed E-state index contributed by atoms with van der Waals surface area (Å²) in [5, 5.41) is 7.92. The van der Waals surface area contributed by atoms with Crippen molar-refractivity contribution in [1.82, 2.24) is 0 Å². The third-order valence-corrected chi connectivity index (χ3v) is 2.02. The van der Waals surface area contributed by atoms with E-state index in [0.29, 0.717) is 6.61 Å². The molecule has 0 radical (unpaired) electrons. The van der Waals surface area contributed by atoms with Crippen LogP contribution in [-0.4, -0.2) is 12.7 Å². The normalized spacial score (nSPS) is 10.3. The highest BCUT2D eigenvalue weighted by Gasteiger charge is 1.96. The van der Waals surface area contributed by atoms with E-state index in [2.05, 4.69) is 32.5 Å². The first kappa shape index (κ1) is 15.2. The molecule has 0 aromatic carbocycles. The van der Waals surface area contributed by atoms with Crippen molar-refractivity contribution in [3.63, 3.8) is 0 Å². The third kappa shape index (κ3) is 13.2. The molecule has 0 aromatic heterocycles. The Labute approximate surface area is 95.8 Å². The molecule has 6 nitrogen and oxygen atoms in total. The Balaban J connectivity index is 2.90. The van der Waals surface area contributed by atoms with Gasteiger partial charge in [-0.3, -0.25) is 0 Å². The van der Waals surface area contributed by atoms with Gasteiger partial charge in [0.05, 0.1) is 6.61 Å². The van der Waals surface area contributed by atoms with Crippen LogP contribution in [0.4, 0.5) is 4.79 Å². The fourth-order valence-electron chi connectivity index (χ4n) is 1.22. The summed E-state index contributed by atoms with van der Waals surface area (Å²) in [5.74, 6) is 0. The molecule has 16 heavy (non-hydrogen) atoms. The Morgan fingerprint density at radius 2 is 1.62 bits per heavy atom. The average Bonchev–Trinajstić information content (AvgIpc) is 2.25. The lowest BCUT2D eigenvalue weighted by Crippen LogP contribution is -2.13. The van der Waals surface area contributed by atoms with E-state index in [0.717, 1.165) is 12.8 Å². The second kappa shape index (κ2) is 12.2. The predicted molar refractivity (Wildman–Crippen MR) is 56.8 cm³/mol. The predicted octanol–water partition coefficient (Wildman–Crippen LogP) is 2.63. The van der Waals surface area contributed by atoms with Crippen LogP contribution in [0.1, 0.15) is 51.9 Å². The lowest BCUT2D eigenvalue weighted by molar-refractivity contribution is -0.615. The number of carbonyl (C=O) groups is 1. The summed E-state index contributed by atoms with van der Waals surface area (Å²) < 4.78 is 0. The number of hydrogen-bond donors (Lipinski definition) is 1. The molecule has 6 heteroatoms. The molecule has 96 valence electrons. The van der Waals surface area contributed by atoms with Crippen LogP contribution < -0.4 is 5.73 Å². The zero-order valence-corrected chi connectivity index (χ0v) is 9.78. The SMILES string of the molecule is CCCCCCCCCOOOOC(N)=O. The average molecular weight is 235 g/mol. The third-order valence-electron chi connectivity index (χ3n) is 2.02. The second-order valence-electron chi connectivity index (χ2n) is 3.48. The fourth-order valence-corrected chi connectivity index (χ4v) is 1.22. The number of nitrogens with two attached hydrogens (primary N) is 1. The van der Waals surface area contributed by atoms with Gasteiger partial charge in [0.15, 0.2) is 0 Å². The van der Waals surface area contributed by atoms with Crippen molar-refractivity contribution in [3.8, 4) is 0 Å². The van der Waals surface area contributed by atoms with Crippen molar-refractivity contribution in [2.45, 2.75) is 51.9 Å². The number of carbonyl (C=O) groups excluding carboxylic acids is 1. The number of unbranched alkanes of at least 4 members (excludes halogenated alkanes) is 6. The van der Waals surface area contributed by atoms with Gasteiger partial charge in [-0.25, -0.2) is 14.6 Å². The van der Waals surface area contributed by atoms with Crippen molar-refractivity contribution in [3.05, 3.63) is 0 Å². The molecule has 1 amide bonds. The van der Waals surface area contributed by atoms with Gasteiger partial charge in [0.25, 0.3) is 0 Å². The summed E-state index contributed by atoms with van der Waals surface area (Å²) >= 11 is 0.